The molecule has 4 heteroatoms. The van der Waals surface area contributed by atoms with E-state index in [-0.39, 0.29) is 6.10 Å². The lowest BCUT2D eigenvalue weighted by atomic mass is 10.1. The first-order valence-corrected chi connectivity index (χ1v) is 5.38. The number of hydrogen-bond acceptors (Lipinski definition) is 4. The predicted octanol–water partition coefficient (Wildman–Crippen LogP) is 2.42. The van der Waals surface area contributed by atoms with Crippen molar-refractivity contribution in [1.29, 1.82) is 0 Å². The molecule has 0 spiro atoms. The van der Waals surface area contributed by atoms with Gasteiger partial charge in [0.1, 0.15) is 5.75 Å². The summed E-state index contributed by atoms with van der Waals surface area (Å²) in [5, 5.41) is 3.28. The first-order chi connectivity index (χ1) is 7.65. The third-order valence-corrected chi connectivity index (χ3v) is 2.56. The standard InChI is InChI=1S/C12H20N2O2/c1-5-14-10-7-6-9(13)12(16-4)11(10)8(2)15-3/h6-8,14H,5,13H2,1-4H3. The van der Waals surface area contributed by atoms with Crippen molar-refractivity contribution in [2.75, 3.05) is 31.8 Å². The first kappa shape index (κ1) is 12.6. The summed E-state index contributed by atoms with van der Waals surface area (Å²) >= 11 is 0. The molecule has 1 atom stereocenters. The molecule has 3 N–H and O–H groups in total. The van der Waals surface area contributed by atoms with Crippen LogP contribution in [-0.2, 0) is 4.74 Å². The number of anilines is 2. The average molecular weight is 224 g/mol. The lowest BCUT2D eigenvalue weighted by Gasteiger charge is -2.20. The van der Waals surface area contributed by atoms with E-state index in [1.807, 2.05) is 26.0 Å². The van der Waals surface area contributed by atoms with E-state index in [0.29, 0.717) is 11.4 Å². The zero-order valence-corrected chi connectivity index (χ0v) is 10.3. The van der Waals surface area contributed by atoms with Crippen LogP contribution in [0.4, 0.5) is 11.4 Å². The minimum atomic E-state index is -0.0625. The Hall–Kier alpha value is -1.42. The van der Waals surface area contributed by atoms with E-state index in [0.717, 1.165) is 17.8 Å². The van der Waals surface area contributed by atoms with Crippen LogP contribution in [0.15, 0.2) is 12.1 Å². The van der Waals surface area contributed by atoms with E-state index in [9.17, 15) is 0 Å². The smallest absolute Gasteiger partial charge is 0.149 e. The number of rotatable bonds is 5. The molecule has 1 rings (SSSR count). The Morgan fingerprint density at radius 2 is 2.06 bits per heavy atom. The molecule has 0 aliphatic rings. The van der Waals surface area contributed by atoms with Gasteiger partial charge < -0.3 is 20.5 Å². The summed E-state index contributed by atoms with van der Waals surface area (Å²) < 4.78 is 10.7. The molecular formula is C12H20N2O2. The Balaban J connectivity index is 3.28. The zero-order chi connectivity index (χ0) is 12.1. The molecule has 1 aromatic carbocycles. The fourth-order valence-electron chi connectivity index (χ4n) is 1.71. The fraction of sp³-hybridized carbons (Fsp3) is 0.500. The number of hydrogen-bond donors (Lipinski definition) is 2. The molecule has 0 fully saturated rings. The fourth-order valence-corrected chi connectivity index (χ4v) is 1.71. The summed E-state index contributed by atoms with van der Waals surface area (Å²) in [6, 6.07) is 3.79. The van der Waals surface area contributed by atoms with Crippen molar-refractivity contribution in [3.63, 3.8) is 0 Å². The number of benzene rings is 1. The second-order valence-corrected chi connectivity index (χ2v) is 3.56. The summed E-state index contributed by atoms with van der Waals surface area (Å²) in [6.07, 6.45) is -0.0625. The van der Waals surface area contributed by atoms with Gasteiger partial charge in [-0.15, -0.1) is 0 Å². The Morgan fingerprint density at radius 1 is 1.38 bits per heavy atom. The van der Waals surface area contributed by atoms with Gasteiger partial charge in [-0.2, -0.15) is 0 Å². The van der Waals surface area contributed by atoms with Crippen molar-refractivity contribution in [2.45, 2.75) is 20.0 Å². The molecule has 0 radical (unpaired) electrons. The average Bonchev–Trinajstić information content (AvgIpc) is 2.30. The second kappa shape index (κ2) is 5.61. The molecule has 1 aromatic rings. The van der Waals surface area contributed by atoms with Crippen molar-refractivity contribution in [1.82, 2.24) is 0 Å². The Morgan fingerprint density at radius 3 is 2.56 bits per heavy atom. The van der Waals surface area contributed by atoms with E-state index in [2.05, 4.69) is 5.32 Å². The normalized spacial score (nSPS) is 12.2. The van der Waals surface area contributed by atoms with Gasteiger partial charge in [-0.05, 0) is 26.0 Å². The molecule has 0 aliphatic heterocycles. The van der Waals surface area contributed by atoms with Gasteiger partial charge in [0.15, 0.2) is 0 Å². The maximum atomic E-state index is 5.88. The summed E-state index contributed by atoms with van der Waals surface area (Å²) in [5.74, 6) is 0.688. The van der Waals surface area contributed by atoms with Crippen LogP contribution in [0.5, 0.6) is 5.75 Å². The molecule has 0 bridgehead atoms. The van der Waals surface area contributed by atoms with Crippen molar-refractivity contribution in [3.8, 4) is 5.75 Å². The van der Waals surface area contributed by atoms with E-state index >= 15 is 0 Å². The molecule has 0 amide bonds. The van der Waals surface area contributed by atoms with Crippen LogP contribution in [0.25, 0.3) is 0 Å². The highest BCUT2D eigenvalue weighted by Gasteiger charge is 2.17. The lowest BCUT2D eigenvalue weighted by molar-refractivity contribution is 0.117. The highest BCUT2D eigenvalue weighted by atomic mass is 16.5. The molecule has 1 unspecified atom stereocenters. The lowest BCUT2D eigenvalue weighted by Crippen LogP contribution is -2.08. The second-order valence-electron chi connectivity index (χ2n) is 3.56. The van der Waals surface area contributed by atoms with Gasteiger partial charge in [0.2, 0.25) is 0 Å². The molecule has 0 heterocycles. The van der Waals surface area contributed by atoms with Crippen LogP contribution >= 0.6 is 0 Å². The van der Waals surface area contributed by atoms with Gasteiger partial charge in [-0.1, -0.05) is 0 Å². The Kier molecular flexibility index (Phi) is 4.43. The molecule has 0 aliphatic carbocycles. The molecule has 0 saturated heterocycles. The quantitative estimate of drug-likeness (QED) is 0.754. The van der Waals surface area contributed by atoms with E-state index in [4.69, 9.17) is 15.2 Å². The SMILES string of the molecule is CCNc1ccc(N)c(OC)c1C(C)OC. The van der Waals surface area contributed by atoms with Crippen LogP contribution in [0.2, 0.25) is 0 Å². The monoisotopic (exact) mass is 224 g/mol. The van der Waals surface area contributed by atoms with E-state index in [1.54, 1.807) is 14.2 Å². The van der Waals surface area contributed by atoms with E-state index < -0.39 is 0 Å². The van der Waals surface area contributed by atoms with Crippen LogP contribution in [0, 0.1) is 0 Å². The number of methoxy groups -OCH3 is 2. The van der Waals surface area contributed by atoms with Gasteiger partial charge in [0.05, 0.1) is 18.9 Å². The van der Waals surface area contributed by atoms with Crippen molar-refractivity contribution in [3.05, 3.63) is 17.7 Å². The van der Waals surface area contributed by atoms with Gasteiger partial charge in [-0.25, -0.2) is 0 Å². The highest BCUT2D eigenvalue weighted by Crippen LogP contribution is 2.38. The van der Waals surface area contributed by atoms with E-state index in [1.165, 1.54) is 0 Å². The third kappa shape index (κ3) is 2.39. The maximum absolute atomic E-state index is 5.88. The molecular weight excluding hydrogens is 204 g/mol. The Labute approximate surface area is 96.7 Å². The van der Waals surface area contributed by atoms with Crippen LogP contribution < -0.4 is 15.8 Å². The number of ether oxygens (including phenoxy) is 2. The van der Waals surface area contributed by atoms with Crippen LogP contribution in [0.1, 0.15) is 25.5 Å². The number of nitrogen functional groups attached to an aromatic ring is 1. The minimum Gasteiger partial charge on any atom is -0.494 e. The zero-order valence-electron chi connectivity index (χ0n) is 10.3. The summed E-state index contributed by atoms with van der Waals surface area (Å²) in [5.41, 5.74) is 8.48. The van der Waals surface area contributed by atoms with Crippen molar-refractivity contribution < 1.29 is 9.47 Å². The molecule has 90 valence electrons. The van der Waals surface area contributed by atoms with Gasteiger partial charge in [-0.3, -0.25) is 0 Å². The van der Waals surface area contributed by atoms with Crippen LogP contribution in [-0.4, -0.2) is 20.8 Å². The van der Waals surface area contributed by atoms with Gasteiger partial charge in [0, 0.05) is 24.9 Å². The molecule has 0 saturated carbocycles. The van der Waals surface area contributed by atoms with Crippen LogP contribution in [0.3, 0.4) is 0 Å². The summed E-state index contributed by atoms with van der Waals surface area (Å²) in [7, 11) is 3.29. The number of nitrogens with two attached hydrogens (primary N) is 1. The molecule has 0 aromatic heterocycles. The highest BCUT2D eigenvalue weighted by molar-refractivity contribution is 5.68. The van der Waals surface area contributed by atoms with Gasteiger partial charge >= 0.3 is 0 Å². The van der Waals surface area contributed by atoms with Gasteiger partial charge in [0.25, 0.3) is 0 Å². The third-order valence-electron chi connectivity index (χ3n) is 2.56. The maximum Gasteiger partial charge on any atom is 0.149 e. The van der Waals surface area contributed by atoms with Crippen molar-refractivity contribution >= 4 is 11.4 Å². The molecule has 16 heavy (non-hydrogen) atoms. The summed E-state index contributed by atoms with van der Waals surface area (Å²) in [6.45, 7) is 4.86. The summed E-state index contributed by atoms with van der Waals surface area (Å²) in [4.78, 5) is 0. The predicted molar refractivity (Wildman–Crippen MR) is 67.0 cm³/mol. The van der Waals surface area contributed by atoms with Crippen molar-refractivity contribution in [2.24, 2.45) is 0 Å². The number of nitrogens with one attached hydrogen (secondary N) is 1. The minimum absolute atomic E-state index is 0.0625. The Bertz CT molecular complexity index is 353. The molecule has 4 nitrogen and oxygen atoms in total. The largest absolute Gasteiger partial charge is 0.494 e. The first-order valence-electron chi connectivity index (χ1n) is 5.38. The topological polar surface area (TPSA) is 56.5 Å².